The standard InChI is InChI=1S/C11H32O7Si5/c1-8-10-12-22(6)15-19(3)14-20(4)16-23(7,13-11-9-2)18-21(5)17-22/h19-21H,8-11H2,1-7H3. The van der Waals surface area contributed by atoms with E-state index < -0.39 is 45.5 Å². The zero-order chi connectivity index (χ0) is 17.5. The monoisotopic (exact) mass is 416 g/mol. The van der Waals surface area contributed by atoms with Crippen LogP contribution in [0.5, 0.6) is 0 Å². The van der Waals surface area contributed by atoms with E-state index in [4.69, 9.17) is 29.4 Å². The van der Waals surface area contributed by atoms with Gasteiger partial charge in [-0.25, -0.2) is 0 Å². The smallest absolute Gasteiger partial charge is 0.420 e. The zero-order valence-electron chi connectivity index (χ0n) is 15.4. The summed E-state index contributed by atoms with van der Waals surface area (Å²) in [6.07, 6.45) is 1.84. The van der Waals surface area contributed by atoms with E-state index in [-0.39, 0.29) is 0 Å². The van der Waals surface area contributed by atoms with Crippen LogP contribution in [0.25, 0.3) is 0 Å². The number of rotatable bonds is 6. The third kappa shape index (κ3) is 8.15. The zero-order valence-corrected chi connectivity index (χ0v) is 20.9. The molecule has 1 aliphatic heterocycles. The number of hydrogen-bond donors (Lipinski definition) is 0. The minimum Gasteiger partial charge on any atom is -0.420 e. The van der Waals surface area contributed by atoms with Gasteiger partial charge in [0.2, 0.25) is 0 Å². The second-order valence-corrected chi connectivity index (χ2v) is 18.0. The van der Waals surface area contributed by atoms with Crippen molar-refractivity contribution in [2.75, 3.05) is 13.2 Å². The molecule has 0 aromatic heterocycles. The van der Waals surface area contributed by atoms with Gasteiger partial charge in [-0.2, -0.15) is 0 Å². The van der Waals surface area contributed by atoms with Crippen molar-refractivity contribution < 1.29 is 29.4 Å². The molecule has 1 saturated heterocycles. The molecule has 0 radical (unpaired) electrons. The summed E-state index contributed by atoms with van der Waals surface area (Å²) in [6, 6.07) is 0. The van der Waals surface area contributed by atoms with Crippen LogP contribution in [0.15, 0.2) is 0 Å². The lowest BCUT2D eigenvalue weighted by Gasteiger charge is -2.38. The predicted octanol–water partition coefficient (Wildman–Crippen LogP) is 1.62. The topological polar surface area (TPSA) is 64.6 Å². The highest BCUT2D eigenvalue weighted by atomic mass is 28.5. The first-order chi connectivity index (χ1) is 10.7. The van der Waals surface area contributed by atoms with E-state index in [0.717, 1.165) is 12.8 Å². The molecule has 0 aromatic rings. The van der Waals surface area contributed by atoms with Gasteiger partial charge in [0.1, 0.15) is 0 Å². The van der Waals surface area contributed by atoms with Crippen LogP contribution in [0, 0.1) is 0 Å². The Hall–Kier alpha value is 0.804. The quantitative estimate of drug-likeness (QED) is 0.610. The fourth-order valence-electron chi connectivity index (χ4n) is 2.32. The lowest BCUT2D eigenvalue weighted by atomic mass is 10.5. The molecule has 4 unspecified atom stereocenters. The predicted molar refractivity (Wildman–Crippen MR) is 100 cm³/mol. The Labute approximate surface area is 147 Å². The van der Waals surface area contributed by atoms with Crippen molar-refractivity contribution in [1.82, 2.24) is 0 Å². The molecule has 138 valence electrons. The van der Waals surface area contributed by atoms with Crippen LogP contribution >= 0.6 is 0 Å². The molecule has 0 aliphatic carbocycles. The molecular weight excluding hydrogens is 385 g/mol. The molecule has 1 rings (SSSR count). The minimum absolute atomic E-state index is 0.621. The van der Waals surface area contributed by atoms with Crippen LogP contribution in [0.2, 0.25) is 32.7 Å². The first-order valence-electron chi connectivity index (χ1n) is 8.36. The van der Waals surface area contributed by atoms with E-state index in [2.05, 4.69) is 13.8 Å². The van der Waals surface area contributed by atoms with E-state index in [1.54, 1.807) is 0 Å². The van der Waals surface area contributed by atoms with Gasteiger partial charge < -0.3 is 29.4 Å². The molecule has 0 spiro atoms. The van der Waals surface area contributed by atoms with Crippen molar-refractivity contribution in [3.63, 3.8) is 0 Å². The highest BCUT2D eigenvalue weighted by molar-refractivity contribution is 6.80. The van der Waals surface area contributed by atoms with E-state index in [1.807, 2.05) is 32.7 Å². The van der Waals surface area contributed by atoms with E-state index in [1.165, 1.54) is 0 Å². The van der Waals surface area contributed by atoms with Crippen molar-refractivity contribution in [3.8, 4) is 0 Å². The molecule has 12 heteroatoms. The van der Waals surface area contributed by atoms with Gasteiger partial charge in [0.15, 0.2) is 0 Å². The Morgan fingerprint density at radius 3 is 1.39 bits per heavy atom. The molecule has 23 heavy (non-hydrogen) atoms. The van der Waals surface area contributed by atoms with Crippen molar-refractivity contribution in [2.24, 2.45) is 0 Å². The fourth-order valence-corrected chi connectivity index (χ4v) is 19.9. The molecule has 0 N–H and O–H groups in total. The molecule has 0 amide bonds. The third-order valence-electron chi connectivity index (χ3n) is 3.04. The average Bonchev–Trinajstić information content (AvgIpc) is 2.41. The largest absolute Gasteiger partial charge is 0.479 e. The average molecular weight is 417 g/mol. The Balaban J connectivity index is 2.89. The van der Waals surface area contributed by atoms with Crippen LogP contribution in [0.3, 0.4) is 0 Å². The lowest BCUT2D eigenvalue weighted by molar-refractivity contribution is 0.121. The van der Waals surface area contributed by atoms with Crippen LogP contribution < -0.4 is 0 Å². The lowest BCUT2D eigenvalue weighted by Crippen LogP contribution is -2.58. The van der Waals surface area contributed by atoms with Crippen LogP contribution in [-0.4, -0.2) is 58.7 Å². The van der Waals surface area contributed by atoms with E-state index >= 15 is 0 Å². The Morgan fingerprint density at radius 1 is 0.696 bits per heavy atom. The molecule has 0 aromatic carbocycles. The molecule has 1 fully saturated rings. The van der Waals surface area contributed by atoms with Crippen molar-refractivity contribution in [3.05, 3.63) is 0 Å². The van der Waals surface area contributed by atoms with Gasteiger partial charge >= 0.3 is 45.5 Å². The second kappa shape index (κ2) is 10.1. The summed E-state index contributed by atoms with van der Waals surface area (Å²) in [5.74, 6) is 0. The summed E-state index contributed by atoms with van der Waals surface area (Å²) in [7, 11) is -11.2. The fraction of sp³-hybridized carbons (Fsp3) is 1.00. The van der Waals surface area contributed by atoms with Crippen LogP contribution in [-0.2, 0) is 29.4 Å². The molecule has 0 saturated carbocycles. The molecule has 7 nitrogen and oxygen atoms in total. The molecule has 4 atom stereocenters. The summed E-state index contributed by atoms with van der Waals surface area (Å²) < 4.78 is 42.4. The summed E-state index contributed by atoms with van der Waals surface area (Å²) in [5, 5.41) is 0. The Bertz CT molecular complexity index is 325. The van der Waals surface area contributed by atoms with Crippen LogP contribution in [0.4, 0.5) is 0 Å². The minimum atomic E-state index is -2.74. The summed E-state index contributed by atoms with van der Waals surface area (Å²) in [6.45, 7) is 15.2. The molecular formula is C11H32O7Si5. The highest BCUT2D eigenvalue weighted by Crippen LogP contribution is 2.21. The maximum Gasteiger partial charge on any atom is 0.479 e. The van der Waals surface area contributed by atoms with Crippen molar-refractivity contribution in [2.45, 2.75) is 59.4 Å². The van der Waals surface area contributed by atoms with Crippen LogP contribution in [0.1, 0.15) is 26.7 Å². The normalized spacial score (nSPS) is 40.0. The maximum absolute atomic E-state index is 6.15. The maximum atomic E-state index is 6.15. The van der Waals surface area contributed by atoms with Gasteiger partial charge in [-0.1, -0.05) is 13.8 Å². The van der Waals surface area contributed by atoms with Gasteiger partial charge in [0.25, 0.3) is 0 Å². The summed E-state index contributed by atoms with van der Waals surface area (Å²) in [4.78, 5) is 0. The first-order valence-corrected chi connectivity index (χ1v) is 19.1. The van der Waals surface area contributed by atoms with Gasteiger partial charge in [-0.15, -0.1) is 0 Å². The van der Waals surface area contributed by atoms with Gasteiger partial charge in [0, 0.05) is 26.3 Å². The second-order valence-electron chi connectivity index (χ2n) is 5.73. The third-order valence-corrected chi connectivity index (χ3v) is 19.7. The highest BCUT2D eigenvalue weighted by Gasteiger charge is 2.46. The first kappa shape index (κ1) is 21.8. The molecule has 0 bridgehead atoms. The van der Waals surface area contributed by atoms with E-state index in [0.29, 0.717) is 13.2 Å². The van der Waals surface area contributed by atoms with Gasteiger partial charge in [-0.3, -0.25) is 0 Å². The molecule has 1 aliphatic rings. The Kier molecular flexibility index (Phi) is 9.57. The van der Waals surface area contributed by atoms with Gasteiger partial charge in [-0.05, 0) is 32.5 Å². The Morgan fingerprint density at radius 2 is 1.04 bits per heavy atom. The van der Waals surface area contributed by atoms with E-state index in [9.17, 15) is 0 Å². The number of hydrogen-bond acceptors (Lipinski definition) is 7. The van der Waals surface area contributed by atoms with Crippen molar-refractivity contribution >= 4 is 45.5 Å². The SMILES string of the molecule is CCCO[Si]1(C)O[SiH](C)O[SiH](C)O[Si](C)(OCCC)O[SiH](C)O1. The van der Waals surface area contributed by atoms with Gasteiger partial charge in [0.05, 0.1) is 0 Å². The summed E-state index contributed by atoms with van der Waals surface area (Å²) in [5.41, 5.74) is 0. The van der Waals surface area contributed by atoms with Crippen molar-refractivity contribution in [1.29, 1.82) is 0 Å². The summed E-state index contributed by atoms with van der Waals surface area (Å²) >= 11 is 0. The molecule has 1 heterocycles.